The lowest BCUT2D eigenvalue weighted by atomic mass is 10.1. The molecule has 0 saturated carbocycles. The standard InChI is InChI=1S/C26H29N3O10/c30-17-20-3-1-2-4-22(20)38-13-11-36-9-7-35-8-10-37-12-14-39-23-6-5-19(15-21(23)18-31)16-29-25(33)27-24(32)28-26(29)34/h1-6,15,17-18H,7-14,16H2,(H2,27,28,32,33,34). The Labute approximate surface area is 222 Å². The highest BCUT2D eigenvalue weighted by molar-refractivity contribution is 5.80. The molecule has 0 aliphatic carbocycles. The first kappa shape index (κ1) is 29.2. The minimum Gasteiger partial charge on any atom is -0.490 e. The summed E-state index contributed by atoms with van der Waals surface area (Å²) in [6, 6.07) is 11.6. The van der Waals surface area contributed by atoms with E-state index in [1.165, 1.54) is 6.07 Å². The molecule has 0 aliphatic heterocycles. The number of H-pyrrole nitrogens is 2. The topological polar surface area (TPSA) is 168 Å². The van der Waals surface area contributed by atoms with Gasteiger partial charge in [-0.25, -0.2) is 19.0 Å². The van der Waals surface area contributed by atoms with Crippen LogP contribution in [0, 0.1) is 0 Å². The van der Waals surface area contributed by atoms with Gasteiger partial charge in [0.05, 0.1) is 57.3 Å². The summed E-state index contributed by atoms with van der Waals surface area (Å²) in [6.45, 7) is 2.48. The minimum absolute atomic E-state index is 0.135. The summed E-state index contributed by atoms with van der Waals surface area (Å²) in [5, 5.41) is 0. The Kier molecular flexibility index (Phi) is 11.9. The van der Waals surface area contributed by atoms with Crippen LogP contribution < -0.4 is 26.5 Å². The van der Waals surface area contributed by atoms with E-state index in [9.17, 15) is 24.0 Å². The summed E-state index contributed by atoms with van der Waals surface area (Å²) in [5.74, 6) is 0.846. The number of carbonyl (C=O) groups excluding carboxylic acids is 2. The van der Waals surface area contributed by atoms with Gasteiger partial charge in [-0.05, 0) is 29.8 Å². The van der Waals surface area contributed by atoms with Crippen molar-refractivity contribution in [2.24, 2.45) is 0 Å². The van der Waals surface area contributed by atoms with Crippen LogP contribution in [-0.2, 0) is 20.8 Å². The molecule has 0 aliphatic rings. The van der Waals surface area contributed by atoms with E-state index in [0.717, 1.165) is 10.9 Å². The highest BCUT2D eigenvalue weighted by Crippen LogP contribution is 2.19. The van der Waals surface area contributed by atoms with E-state index >= 15 is 0 Å². The maximum atomic E-state index is 11.8. The van der Waals surface area contributed by atoms with Crippen LogP contribution in [0.15, 0.2) is 56.8 Å². The lowest BCUT2D eigenvalue weighted by Crippen LogP contribution is -2.43. The second-order valence-corrected chi connectivity index (χ2v) is 7.96. The molecule has 0 radical (unpaired) electrons. The van der Waals surface area contributed by atoms with E-state index < -0.39 is 17.1 Å². The smallest absolute Gasteiger partial charge is 0.333 e. The van der Waals surface area contributed by atoms with Crippen LogP contribution in [0.4, 0.5) is 0 Å². The minimum atomic E-state index is -0.890. The molecule has 0 saturated heterocycles. The molecule has 0 bridgehead atoms. The van der Waals surface area contributed by atoms with Gasteiger partial charge in [-0.2, -0.15) is 0 Å². The second-order valence-electron chi connectivity index (χ2n) is 7.96. The SMILES string of the molecule is O=Cc1ccccc1OCCOCCOCCOCCOc1ccc(Cn2c(=O)[nH]c(=O)[nH]c2=O)cc1C=O. The van der Waals surface area contributed by atoms with E-state index in [2.05, 4.69) is 0 Å². The van der Waals surface area contributed by atoms with Gasteiger partial charge in [-0.15, -0.1) is 0 Å². The first-order chi connectivity index (χ1) is 19.0. The molecule has 1 heterocycles. The molecule has 1 aromatic heterocycles. The number of aromatic amines is 2. The van der Waals surface area contributed by atoms with Crippen LogP contribution in [0.3, 0.4) is 0 Å². The average molecular weight is 544 g/mol. The molecule has 0 amide bonds. The predicted octanol–water partition coefficient (Wildman–Crippen LogP) is 0.406. The first-order valence-electron chi connectivity index (χ1n) is 12.1. The van der Waals surface area contributed by atoms with Gasteiger partial charge >= 0.3 is 17.1 Å². The van der Waals surface area contributed by atoms with Gasteiger partial charge in [0.15, 0.2) is 12.6 Å². The predicted molar refractivity (Wildman–Crippen MR) is 138 cm³/mol. The average Bonchev–Trinajstić information content (AvgIpc) is 2.93. The van der Waals surface area contributed by atoms with Crippen molar-refractivity contribution < 1.29 is 33.3 Å². The van der Waals surface area contributed by atoms with Crippen molar-refractivity contribution in [1.82, 2.24) is 14.5 Å². The number of benzene rings is 2. The third-order valence-electron chi connectivity index (χ3n) is 5.23. The quantitative estimate of drug-likeness (QED) is 0.169. The van der Waals surface area contributed by atoms with E-state index in [1.54, 1.807) is 36.4 Å². The normalized spacial score (nSPS) is 10.8. The van der Waals surface area contributed by atoms with Gasteiger partial charge in [-0.1, -0.05) is 18.2 Å². The molecule has 0 atom stereocenters. The Morgan fingerprint density at radius 3 is 1.72 bits per heavy atom. The van der Waals surface area contributed by atoms with Crippen molar-refractivity contribution in [2.75, 3.05) is 52.9 Å². The molecule has 13 heteroatoms. The van der Waals surface area contributed by atoms with Gasteiger partial charge in [-0.3, -0.25) is 19.6 Å². The van der Waals surface area contributed by atoms with Crippen LogP contribution in [0.2, 0.25) is 0 Å². The summed E-state index contributed by atoms with van der Waals surface area (Å²) >= 11 is 0. The van der Waals surface area contributed by atoms with Crippen molar-refractivity contribution in [3.8, 4) is 11.5 Å². The van der Waals surface area contributed by atoms with E-state index in [-0.39, 0.29) is 25.3 Å². The largest absolute Gasteiger partial charge is 0.490 e. The highest BCUT2D eigenvalue weighted by Gasteiger charge is 2.09. The lowest BCUT2D eigenvalue weighted by molar-refractivity contribution is 0.00494. The van der Waals surface area contributed by atoms with Crippen molar-refractivity contribution in [1.29, 1.82) is 0 Å². The Bertz CT molecular complexity index is 1360. The molecule has 0 fully saturated rings. The Hall–Kier alpha value is -4.33. The lowest BCUT2D eigenvalue weighted by Gasteiger charge is -2.11. The maximum Gasteiger partial charge on any atom is 0.333 e. The number of nitrogens with one attached hydrogen (secondary N) is 2. The van der Waals surface area contributed by atoms with E-state index in [1.807, 2.05) is 9.97 Å². The van der Waals surface area contributed by atoms with E-state index in [0.29, 0.717) is 68.6 Å². The third kappa shape index (κ3) is 9.48. The van der Waals surface area contributed by atoms with Crippen molar-refractivity contribution in [2.45, 2.75) is 6.54 Å². The van der Waals surface area contributed by atoms with Gasteiger partial charge < -0.3 is 23.7 Å². The fourth-order valence-electron chi connectivity index (χ4n) is 3.37. The van der Waals surface area contributed by atoms with Crippen LogP contribution in [0.5, 0.6) is 11.5 Å². The second kappa shape index (κ2) is 15.8. The van der Waals surface area contributed by atoms with Gasteiger partial charge in [0, 0.05) is 0 Å². The number of rotatable bonds is 18. The zero-order chi connectivity index (χ0) is 27.9. The number of hydrogen-bond acceptors (Lipinski definition) is 10. The first-order valence-corrected chi connectivity index (χ1v) is 12.1. The van der Waals surface area contributed by atoms with Crippen molar-refractivity contribution >= 4 is 12.6 Å². The summed E-state index contributed by atoms with van der Waals surface area (Å²) in [6.07, 6.45) is 1.35. The molecule has 0 unspecified atom stereocenters. The summed E-state index contributed by atoms with van der Waals surface area (Å²) in [5.41, 5.74) is -1.37. The molecule has 3 rings (SSSR count). The van der Waals surface area contributed by atoms with Gasteiger partial charge in [0.2, 0.25) is 0 Å². The zero-order valence-electron chi connectivity index (χ0n) is 21.1. The fourth-order valence-corrected chi connectivity index (χ4v) is 3.37. The van der Waals surface area contributed by atoms with Crippen LogP contribution in [-0.4, -0.2) is 80.0 Å². The Balaban J connectivity index is 1.25. The molecule has 3 aromatic rings. The van der Waals surface area contributed by atoms with Crippen LogP contribution in [0.25, 0.3) is 0 Å². The number of para-hydroxylation sites is 1. The monoisotopic (exact) mass is 543 g/mol. The molecule has 2 aromatic carbocycles. The number of aromatic nitrogens is 3. The summed E-state index contributed by atoms with van der Waals surface area (Å²) < 4.78 is 28.2. The number of nitrogens with zero attached hydrogens (tertiary/aromatic N) is 1. The number of carbonyl (C=O) groups is 2. The molecular weight excluding hydrogens is 514 g/mol. The number of aldehydes is 2. The number of ether oxygens (including phenoxy) is 5. The van der Waals surface area contributed by atoms with Gasteiger partial charge in [0.25, 0.3) is 0 Å². The fraction of sp³-hybridized carbons (Fsp3) is 0.346. The van der Waals surface area contributed by atoms with Crippen molar-refractivity contribution in [3.63, 3.8) is 0 Å². The molecule has 13 nitrogen and oxygen atoms in total. The molecule has 208 valence electrons. The summed E-state index contributed by atoms with van der Waals surface area (Å²) in [7, 11) is 0. The number of hydrogen-bond donors (Lipinski definition) is 2. The van der Waals surface area contributed by atoms with Crippen LogP contribution >= 0.6 is 0 Å². The maximum absolute atomic E-state index is 11.8. The zero-order valence-corrected chi connectivity index (χ0v) is 21.1. The third-order valence-corrected chi connectivity index (χ3v) is 5.23. The Morgan fingerprint density at radius 1 is 0.641 bits per heavy atom. The molecule has 0 spiro atoms. The Morgan fingerprint density at radius 2 is 1.15 bits per heavy atom. The molecule has 39 heavy (non-hydrogen) atoms. The van der Waals surface area contributed by atoms with E-state index in [4.69, 9.17) is 23.7 Å². The van der Waals surface area contributed by atoms with Gasteiger partial charge in [0.1, 0.15) is 24.7 Å². The van der Waals surface area contributed by atoms with Crippen LogP contribution in [0.1, 0.15) is 26.3 Å². The van der Waals surface area contributed by atoms with Crippen molar-refractivity contribution in [3.05, 3.63) is 90.6 Å². The molecular formula is C26H29N3O10. The molecule has 2 N–H and O–H groups in total. The summed E-state index contributed by atoms with van der Waals surface area (Å²) in [4.78, 5) is 61.2. The highest BCUT2D eigenvalue weighted by atomic mass is 16.6.